The minimum absolute atomic E-state index is 0.170. The van der Waals surface area contributed by atoms with Crippen molar-refractivity contribution in [3.05, 3.63) is 64.6 Å². The Kier molecular flexibility index (Phi) is 4.06. The van der Waals surface area contributed by atoms with E-state index in [1.165, 1.54) is 0 Å². The Bertz CT molecular complexity index is 1060. The van der Waals surface area contributed by atoms with E-state index in [-0.39, 0.29) is 17.8 Å². The lowest BCUT2D eigenvalue weighted by Gasteiger charge is -2.29. The van der Waals surface area contributed by atoms with E-state index in [0.29, 0.717) is 13.0 Å². The molecule has 6 nitrogen and oxygen atoms in total. The SMILES string of the molecule is CC(C)(C)OC(=O)N1c2ccccc2CC1Cn1c(=O)[nH]c2ccccc21. The van der Waals surface area contributed by atoms with Crippen molar-refractivity contribution in [3.63, 3.8) is 0 Å². The lowest BCUT2D eigenvalue weighted by molar-refractivity contribution is 0.0567. The highest BCUT2D eigenvalue weighted by Gasteiger charge is 2.37. The van der Waals surface area contributed by atoms with Crippen LogP contribution in [0.4, 0.5) is 10.5 Å². The predicted molar refractivity (Wildman–Crippen MR) is 105 cm³/mol. The number of benzene rings is 2. The van der Waals surface area contributed by atoms with Crippen LogP contribution < -0.4 is 10.6 Å². The molecule has 4 rings (SSSR count). The zero-order valence-electron chi connectivity index (χ0n) is 15.7. The highest BCUT2D eigenvalue weighted by Crippen LogP contribution is 2.34. The van der Waals surface area contributed by atoms with Gasteiger partial charge >= 0.3 is 11.8 Å². The van der Waals surface area contributed by atoms with Crippen molar-refractivity contribution in [1.82, 2.24) is 9.55 Å². The highest BCUT2D eigenvalue weighted by molar-refractivity contribution is 5.91. The molecule has 2 aromatic carbocycles. The molecule has 1 unspecified atom stereocenters. The number of ether oxygens (including phenoxy) is 1. The van der Waals surface area contributed by atoms with Crippen molar-refractivity contribution >= 4 is 22.8 Å². The molecule has 0 saturated heterocycles. The van der Waals surface area contributed by atoms with Crippen LogP contribution in [0.5, 0.6) is 0 Å². The Hall–Kier alpha value is -3.02. The quantitative estimate of drug-likeness (QED) is 0.753. The summed E-state index contributed by atoms with van der Waals surface area (Å²) in [6.07, 6.45) is 0.298. The third-order valence-corrected chi connectivity index (χ3v) is 4.74. The largest absolute Gasteiger partial charge is 0.443 e. The van der Waals surface area contributed by atoms with Gasteiger partial charge in [0.2, 0.25) is 0 Å². The number of hydrogen-bond acceptors (Lipinski definition) is 3. The molecule has 1 amide bonds. The topological polar surface area (TPSA) is 67.3 Å². The smallest absolute Gasteiger partial charge is 0.415 e. The summed E-state index contributed by atoms with van der Waals surface area (Å²) in [7, 11) is 0. The minimum Gasteiger partial charge on any atom is -0.443 e. The molecule has 1 aliphatic rings. The maximum absolute atomic E-state index is 12.9. The van der Waals surface area contributed by atoms with Crippen molar-refractivity contribution in [2.24, 2.45) is 0 Å². The van der Waals surface area contributed by atoms with Gasteiger partial charge in [0, 0.05) is 6.54 Å². The Labute approximate surface area is 157 Å². The fourth-order valence-corrected chi connectivity index (χ4v) is 3.66. The van der Waals surface area contributed by atoms with Crippen molar-refractivity contribution in [1.29, 1.82) is 0 Å². The van der Waals surface area contributed by atoms with E-state index in [2.05, 4.69) is 4.98 Å². The second-order valence-corrected chi connectivity index (χ2v) is 7.89. The molecule has 0 bridgehead atoms. The van der Waals surface area contributed by atoms with E-state index in [4.69, 9.17) is 4.74 Å². The molecular weight excluding hydrogens is 342 g/mol. The van der Waals surface area contributed by atoms with E-state index in [1.54, 1.807) is 9.47 Å². The first-order chi connectivity index (χ1) is 12.8. The molecular formula is C21H23N3O3. The number of amides is 1. The van der Waals surface area contributed by atoms with Gasteiger partial charge in [0.15, 0.2) is 0 Å². The van der Waals surface area contributed by atoms with Gasteiger partial charge in [-0.3, -0.25) is 9.47 Å². The molecule has 1 atom stereocenters. The van der Waals surface area contributed by atoms with Crippen molar-refractivity contribution in [2.45, 2.75) is 45.4 Å². The first kappa shape index (κ1) is 17.4. The van der Waals surface area contributed by atoms with Gasteiger partial charge in [-0.05, 0) is 51.0 Å². The molecule has 0 saturated carbocycles. The van der Waals surface area contributed by atoms with Crippen LogP contribution in [0.3, 0.4) is 0 Å². The Morgan fingerprint density at radius 1 is 1.15 bits per heavy atom. The average Bonchev–Trinajstić information content (AvgIpc) is 3.11. The summed E-state index contributed by atoms with van der Waals surface area (Å²) in [5, 5.41) is 0. The summed E-state index contributed by atoms with van der Waals surface area (Å²) >= 11 is 0. The summed E-state index contributed by atoms with van der Waals surface area (Å²) in [6, 6.07) is 15.2. The Morgan fingerprint density at radius 2 is 1.85 bits per heavy atom. The summed E-state index contributed by atoms with van der Waals surface area (Å²) in [4.78, 5) is 30.0. The molecule has 0 fully saturated rings. The molecule has 3 aromatic rings. The van der Waals surface area contributed by atoms with Crippen molar-refractivity contribution < 1.29 is 9.53 Å². The zero-order valence-corrected chi connectivity index (χ0v) is 15.7. The normalized spacial score (nSPS) is 16.6. The molecule has 6 heteroatoms. The van der Waals surface area contributed by atoms with Crippen LogP contribution >= 0.6 is 0 Å². The second kappa shape index (κ2) is 6.30. The van der Waals surface area contributed by atoms with Gasteiger partial charge in [-0.25, -0.2) is 9.59 Å². The molecule has 1 aliphatic heterocycles. The van der Waals surface area contributed by atoms with Gasteiger partial charge in [0.25, 0.3) is 0 Å². The molecule has 1 aromatic heterocycles. The number of aromatic nitrogens is 2. The lowest BCUT2D eigenvalue weighted by atomic mass is 10.1. The first-order valence-electron chi connectivity index (χ1n) is 9.11. The van der Waals surface area contributed by atoms with Crippen LogP contribution in [0.15, 0.2) is 53.3 Å². The third kappa shape index (κ3) is 3.23. The van der Waals surface area contributed by atoms with E-state index < -0.39 is 5.60 Å². The molecule has 0 radical (unpaired) electrons. The molecule has 27 heavy (non-hydrogen) atoms. The summed E-state index contributed by atoms with van der Waals surface area (Å²) in [5.41, 5.74) is 2.81. The monoisotopic (exact) mass is 365 g/mol. The fourth-order valence-electron chi connectivity index (χ4n) is 3.66. The summed E-state index contributed by atoms with van der Waals surface area (Å²) < 4.78 is 7.34. The Morgan fingerprint density at radius 3 is 2.63 bits per heavy atom. The zero-order chi connectivity index (χ0) is 19.2. The van der Waals surface area contributed by atoms with Crippen molar-refractivity contribution in [3.8, 4) is 0 Å². The number of anilines is 1. The predicted octanol–water partition coefficient (Wildman–Crippen LogP) is 3.70. The van der Waals surface area contributed by atoms with Crippen LogP contribution in [0.2, 0.25) is 0 Å². The number of nitrogens with one attached hydrogen (secondary N) is 1. The highest BCUT2D eigenvalue weighted by atomic mass is 16.6. The van der Waals surface area contributed by atoms with Crippen LogP contribution in [-0.2, 0) is 17.7 Å². The number of nitrogens with zero attached hydrogens (tertiary/aromatic N) is 2. The van der Waals surface area contributed by atoms with Gasteiger partial charge in [-0.2, -0.15) is 0 Å². The van der Waals surface area contributed by atoms with Crippen LogP contribution in [-0.4, -0.2) is 27.3 Å². The van der Waals surface area contributed by atoms with E-state index in [9.17, 15) is 9.59 Å². The van der Waals surface area contributed by atoms with Crippen LogP contribution in [0, 0.1) is 0 Å². The number of para-hydroxylation sites is 3. The third-order valence-electron chi connectivity index (χ3n) is 4.74. The number of hydrogen-bond donors (Lipinski definition) is 1. The number of H-pyrrole nitrogens is 1. The molecule has 140 valence electrons. The van der Waals surface area contributed by atoms with E-state index in [0.717, 1.165) is 22.3 Å². The standard InChI is InChI=1S/C21H23N3O3/c1-21(2,3)27-20(26)24-15(12-14-8-4-6-10-17(14)24)13-23-18-11-7-5-9-16(18)22-19(23)25/h4-11,15H,12-13H2,1-3H3,(H,22,25). The number of imidazole rings is 1. The molecule has 1 N–H and O–H groups in total. The van der Waals surface area contributed by atoms with Crippen LogP contribution in [0.25, 0.3) is 11.0 Å². The summed E-state index contributed by atoms with van der Waals surface area (Å²) in [6.45, 7) is 5.96. The number of carbonyl (C=O) groups is 1. The number of aromatic amines is 1. The first-order valence-corrected chi connectivity index (χ1v) is 9.11. The maximum Gasteiger partial charge on any atom is 0.415 e. The van der Waals surface area contributed by atoms with Gasteiger partial charge in [0.1, 0.15) is 5.60 Å². The second-order valence-electron chi connectivity index (χ2n) is 7.89. The van der Waals surface area contributed by atoms with Crippen molar-refractivity contribution in [2.75, 3.05) is 4.90 Å². The molecule has 2 heterocycles. The lowest BCUT2D eigenvalue weighted by Crippen LogP contribution is -2.44. The number of fused-ring (bicyclic) bond motifs is 2. The average molecular weight is 365 g/mol. The minimum atomic E-state index is -0.587. The molecule has 0 spiro atoms. The Balaban J connectivity index is 1.71. The fraction of sp³-hybridized carbons (Fsp3) is 0.333. The van der Waals surface area contributed by atoms with Gasteiger partial charge < -0.3 is 9.72 Å². The van der Waals surface area contributed by atoms with Gasteiger partial charge in [0.05, 0.1) is 22.8 Å². The maximum atomic E-state index is 12.9. The van der Waals surface area contributed by atoms with Crippen LogP contribution in [0.1, 0.15) is 26.3 Å². The van der Waals surface area contributed by atoms with Gasteiger partial charge in [-0.1, -0.05) is 30.3 Å². The number of carbonyl (C=O) groups excluding carboxylic acids is 1. The van der Waals surface area contributed by atoms with E-state index in [1.807, 2.05) is 69.3 Å². The number of rotatable bonds is 2. The molecule has 0 aliphatic carbocycles. The van der Waals surface area contributed by atoms with Gasteiger partial charge in [-0.15, -0.1) is 0 Å². The summed E-state index contributed by atoms with van der Waals surface area (Å²) in [5.74, 6) is 0. The van der Waals surface area contributed by atoms with E-state index >= 15 is 0 Å².